The van der Waals surface area contributed by atoms with Crippen molar-refractivity contribution in [3.05, 3.63) is 0 Å². The van der Waals surface area contributed by atoms with Crippen molar-refractivity contribution in [3.8, 4) is 0 Å². The van der Waals surface area contributed by atoms with Crippen molar-refractivity contribution in [2.75, 3.05) is 18.8 Å². The summed E-state index contributed by atoms with van der Waals surface area (Å²) in [5.41, 5.74) is 0. The lowest BCUT2D eigenvalue weighted by atomic mass is 10.1. The van der Waals surface area contributed by atoms with Gasteiger partial charge in [0.1, 0.15) is 0 Å². The molecule has 1 aliphatic heterocycles. The van der Waals surface area contributed by atoms with Crippen LogP contribution in [0.4, 0.5) is 0 Å². The first-order chi connectivity index (χ1) is 7.66. The molecule has 4 nitrogen and oxygen atoms in total. The first kappa shape index (κ1) is 12.3. The molecule has 1 heterocycles. The maximum atomic E-state index is 11.9. The van der Waals surface area contributed by atoms with Crippen LogP contribution in [-0.2, 0) is 10.0 Å². The molecule has 0 bridgehead atoms. The Morgan fingerprint density at radius 3 is 2.50 bits per heavy atom. The van der Waals surface area contributed by atoms with Crippen LogP contribution in [0, 0.1) is 5.92 Å². The number of sulfonamides is 1. The second-order valence-corrected chi connectivity index (χ2v) is 6.89. The van der Waals surface area contributed by atoms with Crippen molar-refractivity contribution >= 4 is 10.0 Å². The summed E-state index contributed by atoms with van der Waals surface area (Å²) in [5.74, 6) is 0.734. The summed E-state index contributed by atoms with van der Waals surface area (Å²) < 4.78 is 26.7. The second kappa shape index (κ2) is 5.47. The number of piperidine rings is 1. The van der Waals surface area contributed by atoms with Crippen LogP contribution >= 0.6 is 0 Å². The van der Waals surface area contributed by atoms with E-state index in [1.165, 1.54) is 12.8 Å². The van der Waals surface area contributed by atoms with E-state index in [2.05, 4.69) is 10.0 Å². The third-order valence-electron chi connectivity index (χ3n) is 3.57. The van der Waals surface area contributed by atoms with E-state index in [1.807, 2.05) is 0 Å². The van der Waals surface area contributed by atoms with Crippen molar-refractivity contribution < 1.29 is 8.42 Å². The van der Waals surface area contributed by atoms with Gasteiger partial charge in [-0.2, -0.15) is 0 Å². The zero-order valence-corrected chi connectivity index (χ0v) is 10.6. The standard InChI is InChI=1S/C11H22N2O2S/c14-16(15,9-10-4-1-2-5-10)13-11-6-3-7-12-8-11/h10-13H,1-9H2. The molecule has 94 valence electrons. The van der Waals surface area contributed by atoms with Gasteiger partial charge in [-0.25, -0.2) is 13.1 Å². The Morgan fingerprint density at radius 2 is 1.88 bits per heavy atom. The highest BCUT2D eigenvalue weighted by Crippen LogP contribution is 2.25. The molecule has 1 atom stereocenters. The topological polar surface area (TPSA) is 58.2 Å². The number of nitrogens with one attached hydrogen (secondary N) is 2. The van der Waals surface area contributed by atoms with Crippen LogP contribution in [0.1, 0.15) is 38.5 Å². The Bertz CT molecular complexity index is 304. The summed E-state index contributed by atoms with van der Waals surface area (Å²) in [4.78, 5) is 0. The fraction of sp³-hybridized carbons (Fsp3) is 1.00. The average molecular weight is 246 g/mol. The van der Waals surface area contributed by atoms with Gasteiger partial charge in [0.2, 0.25) is 10.0 Å². The normalized spacial score (nSPS) is 28.4. The zero-order valence-electron chi connectivity index (χ0n) is 9.74. The maximum Gasteiger partial charge on any atom is 0.212 e. The van der Waals surface area contributed by atoms with E-state index >= 15 is 0 Å². The average Bonchev–Trinajstić information content (AvgIpc) is 2.70. The van der Waals surface area contributed by atoms with Gasteiger partial charge in [0.15, 0.2) is 0 Å². The first-order valence-corrected chi connectivity index (χ1v) is 8.02. The Balaban J connectivity index is 1.81. The summed E-state index contributed by atoms with van der Waals surface area (Å²) >= 11 is 0. The summed E-state index contributed by atoms with van der Waals surface area (Å²) in [6, 6.07) is 0.111. The van der Waals surface area contributed by atoms with Crippen molar-refractivity contribution in [3.63, 3.8) is 0 Å². The SMILES string of the molecule is O=S(=O)(CC1CCCC1)NC1CCCNC1. The molecule has 1 aliphatic carbocycles. The molecule has 1 saturated heterocycles. The Morgan fingerprint density at radius 1 is 1.12 bits per heavy atom. The second-order valence-electron chi connectivity index (χ2n) is 5.09. The summed E-state index contributed by atoms with van der Waals surface area (Å²) in [7, 11) is -3.05. The van der Waals surface area contributed by atoms with Gasteiger partial charge in [-0.05, 0) is 38.1 Å². The molecule has 0 aromatic heterocycles. The Kier molecular flexibility index (Phi) is 4.21. The van der Waals surface area contributed by atoms with Crippen LogP contribution in [0.5, 0.6) is 0 Å². The van der Waals surface area contributed by atoms with Gasteiger partial charge in [0.25, 0.3) is 0 Å². The first-order valence-electron chi connectivity index (χ1n) is 6.36. The molecular formula is C11H22N2O2S. The molecule has 16 heavy (non-hydrogen) atoms. The van der Waals surface area contributed by atoms with Crippen LogP contribution in [0.3, 0.4) is 0 Å². The van der Waals surface area contributed by atoms with E-state index in [0.29, 0.717) is 11.7 Å². The number of hydrogen-bond acceptors (Lipinski definition) is 3. The predicted molar refractivity (Wildman–Crippen MR) is 64.8 cm³/mol. The third-order valence-corrected chi connectivity index (χ3v) is 5.18. The lowest BCUT2D eigenvalue weighted by Gasteiger charge is -2.24. The van der Waals surface area contributed by atoms with E-state index in [-0.39, 0.29) is 6.04 Å². The van der Waals surface area contributed by atoms with Crippen molar-refractivity contribution in [1.82, 2.24) is 10.0 Å². The van der Waals surface area contributed by atoms with Gasteiger partial charge in [0, 0.05) is 12.6 Å². The van der Waals surface area contributed by atoms with E-state index in [4.69, 9.17) is 0 Å². The van der Waals surface area contributed by atoms with E-state index in [0.717, 1.165) is 38.8 Å². The zero-order chi connectivity index (χ0) is 11.4. The van der Waals surface area contributed by atoms with E-state index in [9.17, 15) is 8.42 Å². The molecule has 2 aliphatic rings. The lowest BCUT2D eigenvalue weighted by molar-refractivity contribution is 0.426. The van der Waals surface area contributed by atoms with Gasteiger partial charge in [-0.1, -0.05) is 12.8 Å². The van der Waals surface area contributed by atoms with Crippen molar-refractivity contribution in [2.24, 2.45) is 5.92 Å². The summed E-state index contributed by atoms with van der Waals surface area (Å²) in [6.45, 7) is 1.80. The van der Waals surface area contributed by atoms with Gasteiger partial charge >= 0.3 is 0 Å². The maximum absolute atomic E-state index is 11.9. The lowest BCUT2D eigenvalue weighted by Crippen LogP contribution is -2.46. The molecule has 0 aromatic carbocycles. The molecule has 2 rings (SSSR count). The van der Waals surface area contributed by atoms with Gasteiger partial charge in [-0.3, -0.25) is 0 Å². The minimum Gasteiger partial charge on any atom is -0.315 e. The van der Waals surface area contributed by atoms with Crippen LogP contribution in [0.2, 0.25) is 0 Å². The third kappa shape index (κ3) is 3.71. The Hall–Kier alpha value is -0.130. The highest BCUT2D eigenvalue weighted by Gasteiger charge is 2.25. The Labute approximate surface area is 98.2 Å². The molecule has 1 saturated carbocycles. The monoisotopic (exact) mass is 246 g/mol. The van der Waals surface area contributed by atoms with E-state index in [1.54, 1.807) is 0 Å². The minimum atomic E-state index is -3.05. The van der Waals surface area contributed by atoms with Gasteiger partial charge < -0.3 is 5.32 Å². The molecule has 1 unspecified atom stereocenters. The van der Waals surface area contributed by atoms with Crippen molar-refractivity contribution in [1.29, 1.82) is 0 Å². The summed E-state index contributed by atoms with van der Waals surface area (Å²) in [5, 5.41) is 3.22. The fourth-order valence-corrected chi connectivity index (χ4v) is 4.50. The van der Waals surface area contributed by atoms with Crippen molar-refractivity contribution in [2.45, 2.75) is 44.6 Å². The predicted octanol–water partition coefficient (Wildman–Crippen LogP) is 0.848. The van der Waals surface area contributed by atoms with Gasteiger partial charge in [0.05, 0.1) is 5.75 Å². The fourth-order valence-electron chi connectivity index (χ4n) is 2.74. The van der Waals surface area contributed by atoms with Crippen LogP contribution in [0.15, 0.2) is 0 Å². The summed E-state index contributed by atoms with van der Waals surface area (Å²) in [6.07, 6.45) is 6.61. The highest BCUT2D eigenvalue weighted by atomic mass is 32.2. The molecule has 5 heteroatoms. The van der Waals surface area contributed by atoms with Crippen LogP contribution in [0.25, 0.3) is 0 Å². The molecule has 0 spiro atoms. The molecule has 2 fully saturated rings. The highest BCUT2D eigenvalue weighted by molar-refractivity contribution is 7.89. The van der Waals surface area contributed by atoms with Gasteiger partial charge in [-0.15, -0.1) is 0 Å². The van der Waals surface area contributed by atoms with Crippen LogP contribution < -0.4 is 10.0 Å². The number of hydrogen-bond donors (Lipinski definition) is 2. The molecular weight excluding hydrogens is 224 g/mol. The molecule has 0 radical (unpaired) electrons. The smallest absolute Gasteiger partial charge is 0.212 e. The quantitative estimate of drug-likeness (QED) is 0.773. The minimum absolute atomic E-state index is 0.111. The van der Waals surface area contributed by atoms with E-state index < -0.39 is 10.0 Å². The molecule has 0 aromatic rings. The number of rotatable bonds is 4. The molecule has 2 N–H and O–H groups in total. The largest absolute Gasteiger partial charge is 0.315 e. The molecule has 0 amide bonds. The van der Waals surface area contributed by atoms with Crippen LogP contribution in [-0.4, -0.2) is 33.3 Å².